The van der Waals surface area contributed by atoms with Gasteiger partial charge in [0, 0.05) is 5.69 Å². The van der Waals surface area contributed by atoms with Crippen LogP contribution in [0.4, 0.5) is 10.5 Å². The molecule has 0 radical (unpaired) electrons. The molecular weight excluding hydrogens is 390 g/mol. The van der Waals surface area contributed by atoms with Crippen molar-refractivity contribution in [2.45, 2.75) is 6.92 Å². The topological polar surface area (TPSA) is 78.5 Å². The molecule has 1 aliphatic heterocycles. The van der Waals surface area contributed by atoms with Crippen LogP contribution >= 0.6 is 0 Å². The third-order valence-electron chi connectivity index (χ3n) is 4.89. The molecule has 154 valence electrons. The Morgan fingerprint density at radius 2 is 1.65 bits per heavy atom. The summed E-state index contributed by atoms with van der Waals surface area (Å²) in [5, 5.41) is 5.25. The van der Waals surface area contributed by atoms with Gasteiger partial charge in [-0.2, -0.15) is 0 Å². The number of hydrogen-bond acceptors (Lipinski definition) is 3. The molecule has 4 rings (SSSR count). The van der Waals surface area contributed by atoms with Gasteiger partial charge in [0.1, 0.15) is 12.2 Å². The molecule has 1 saturated heterocycles. The number of nitrogens with one attached hydrogen (secondary N) is 2. The van der Waals surface area contributed by atoms with Crippen LogP contribution in [0.25, 0.3) is 17.2 Å². The van der Waals surface area contributed by atoms with Gasteiger partial charge in [-0.15, -0.1) is 0 Å². The molecule has 0 aromatic heterocycles. The first-order valence-electron chi connectivity index (χ1n) is 9.86. The van der Waals surface area contributed by atoms with Gasteiger partial charge in [-0.25, -0.2) is 9.69 Å². The number of urea groups is 1. The lowest BCUT2D eigenvalue weighted by atomic mass is 10.0. The summed E-state index contributed by atoms with van der Waals surface area (Å²) >= 11 is 0. The number of amides is 4. The Balaban J connectivity index is 1.44. The monoisotopic (exact) mass is 411 g/mol. The normalized spacial score (nSPS) is 14.6. The van der Waals surface area contributed by atoms with E-state index < -0.39 is 17.8 Å². The Morgan fingerprint density at radius 1 is 0.935 bits per heavy atom. The fourth-order valence-corrected chi connectivity index (χ4v) is 3.35. The van der Waals surface area contributed by atoms with Gasteiger partial charge in [-0.3, -0.25) is 9.59 Å². The van der Waals surface area contributed by atoms with Crippen LogP contribution in [0.1, 0.15) is 11.1 Å². The fraction of sp³-hybridized carbons (Fsp3) is 0.0800. The van der Waals surface area contributed by atoms with Gasteiger partial charge in [0.2, 0.25) is 5.91 Å². The van der Waals surface area contributed by atoms with Gasteiger partial charge < -0.3 is 10.6 Å². The minimum atomic E-state index is -0.614. The van der Waals surface area contributed by atoms with Crippen molar-refractivity contribution in [1.29, 1.82) is 0 Å². The van der Waals surface area contributed by atoms with Gasteiger partial charge >= 0.3 is 6.03 Å². The quantitative estimate of drug-likeness (QED) is 0.488. The van der Waals surface area contributed by atoms with E-state index in [0.717, 1.165) is 27.2 Å². The van der Waals surface area contributed by atoms with Crippen LogP contribution in [0.15, 0.2) is 84.6 Å². The number of carbonyl (C=O) groups excluding carboxylic acids is 3. The number of carbonyl (C=O) groups is 3. The van der Waals surface area contributed by atoms with E-state index in [1.165, 1.54) is 0 Å². The molecule has 0 unspecified atom stereocenters. The molecule has 3 aromatic rings. The highest BCUT2D eigenvalue weighted by molar-refractivity contribution is 6.15. The largest absolute Gasteiger partial charge is 0.329 e. The Hall–Kier alpha value is -4.19. The molecule has 1 heterocycles. The van der Waals surface area contributed by atoms with Gasteiger partial charge in [0.15, 0.2) is 0 Å². The highest BCUT2D eigenvalue weighted by atomic mass is 16.2. The number of imide groups is 1. The number of hydrogen-bond donors (Lipinski definition) is 2. The summed E-state index contributed by atoms with van der Waals surface area (Å²) in [5.41, 5.74) is 4.68. The maximum absolute atomic E-state index is 12.6. The molecule has 3 aromatic carbocycles. The predicted molar refractivity (Wildman–Crippen MR) is 120 cm³/mol. The highest BCUT2D eigenvalue weighted by Crippen LogP contribution is 2.21. The minimum absolute atomic E-state index is 0.140. The Labute approximate surface area is 180 Å². The van der Waals surface area contributed by atoms with Crippen molar-refractivity contribution < 1.29 is 14.4 Å². The Bertz CT molecular complexity index is 1170. The molecule has 4 amide bonds. The van der Waals surface area contributed by atoms with Crippen LogP contribution in [-0.4, -0.2) is 29.3 Å². The van der Waals surface area contributed by atoms with E-state index in [0.29, 0.717) is 5.69 Å². The molecule has 0 aliphatic carbocycles. The van der Waals surface area contributed by atoms with Gasteiger partial charge in [0.25, 0.3) is 5.91 Å². The second kappa shape index (κ2) is 8.67. The zero-order chi connectivity index (χ0) is 21.8. The van der Waals surface area contributed by atoms with E-state index in [-0.39, 0.29) is 12.2 Å². The minimum Gasteiger partial charge on any atom is -0.325 e. The number of anilines is 1. The summed E-state index contributed by atoms with van der Waals surface area (Å²) in [5.74, 6) is -0.973. The molecule has 1 fully saturated rings. The zero-order valence-electron chi connectivity index (χ0n) is 17.0. The predicted octanol–water partition coefficient (Wildman–Crippen LogP) is 4.19. The lowest BCUT2D eigenvalue weighted by Crippen LogP contribution is -2.38. The maximum Gasteiger partial charge on any atom is 0.329 e. The van der Waals surface area contributed by atoms with Crippen molar-refractivity contribution in [2.24, 2.45) is 0 Å². The average Bonchev–Trinajstić information content (AvgIpc) is 3.02. The number of aryl methyl sites for hydroxylation is 1. The van der Waals surface area contributed by atoms with E-state index in [2.05, 4.69) is 10.6 Å². The summed E-state index contributed by atoms with van der Waals surface area (Å²) in [6.07, 6.45) is 1.60. The van der Waals surface area contributed by atoms with E-state index >= 15 is 0 Å². The molecule has 0 saturated carbocycles. The van der Waals surface area contributed by atoms with Gasteiger partial charge in [0.05, 0.1) is 0 Å². The summed E-state index contributed by atoms with van der Waals surface area (Å²) < 4.78 is 0. The van der Waals surface area contributed by atoms with E-state index in [1.54, 1.807) is 12.1 Å². The van der Waals surface area contributed by atoms with Crippen LogP contribution in [0.3, 0.4) is 0 Å². The highest BCUT2D eigenvalue weighted by Gasteiger charge is 2.34. The van der Waals surface area contributed by atoms with Crippen LogP contribution in [0, 0.1) is 6.92 Å². The van der Waals surface area contributed by atoms with Crippen LogP contribution in [0.2, 0.25) is 0 Å². The van der Waals surface area contributed by atoms with E-state index in [4.69, 9.17) is 0 Å². The zero-order valence-corrected chi connectivity index (χ0v) is 17.0. The standard InChI is InChI=1S/C25H21N3O3/c1-17-6-5-9-21(14-17)26-23(29)16-28-24(30)22(27-25(28)31)15-18-10-12-20(13-11-18)19-7-3-2-4-8-19/h2-15H,16H2,1H3,(H,26,29)(H,27,31)/b22-15+. The van der Waals surface area contributed by atoms with Crippen molar-refractivity contribution in [3.8, 4) is 11.1 Å². The molecule has 6 heteroatoms. The van der Waals surface area contributed by atoms with Crippen LogP contribution < -0.4 is 10.6 Å². The van der Waals surface area contributed by atoms with Crippen molar-refractivity contribution in [2.75, 3.05) is 11.9 Å². The summed E-state index contributed by atoms with van der Waals surface area (Å²) in [6, 6.07) is 24.3. The van der Waals surface area contributed by atoms with Gasteiger partial charge in [-0.1, -0.05) is 66.7 Å². The van der Waals surface area contributed by atoms with Crippen molar-refractivity contribution >= 4 is 29.6 Å². The van der Waals surface area contributed by atoms with Crippen LogP contribution in [-0.2, 0) is 9.59 Å². The number of rotatable bonds is 5. The Morgan fingerprint density at radius 3 is 2.35 bits per heavy atom. The van der Waals surface area contributed by atoms with Crippen LogP contribution in [0.5, 0.6) is 0 Å². The van der Waals surface area contributed by atoms with Crippen molar-refractivity contribution in [3.63, 3.8) is 0 Å². The SMILES string of the molecule is Cc1cccc(NC(=O)CN2C(=O)N/C(=C/c3ccc(-c4ccccc4)cc3)C2=O)c1. The smallest absolute Gasteiger partial charge is 0.325 e. The molecule has 1 aliphatic rings. The summed E-state index contributed by atoms with van der Waals surface area (Å²) in [4.78, 5) is 38.1. The lowest BCUT2D eigenvalue weighted by Gasteiger charge is -2.12. The summed E-state index contributed by atoms with van der Waals surface area (Å²) in [7, 11) is 0. The molecular formula is C25H21N3O3. The fourth-order valence-electron chi connectivity index (χ4n) is 3.35. The van der Waals surface area contributed by atoms with E-state index in [9.17, 15) is 14.4 Å². The second-order valence-electron chi connectivity index (χ2n) is 7.29. The van der Waals surface area contributed by atoms with Gasteiger partial charge in [-0.05, 0) is 47.4 Å². The van der Waals surface area contributed by atoms with E-state index in [1.807, 2.05) is 79.7 Å². The third-order valence-corrected chi connectivity index (χ3v) is 4.89. The molecule has 2 N–H and O–H groups in total. The first-order valence-corrected chi connectivity index (χ1v) is 9.86. The molecule has 0 bridgehead atoms. The average molecular weight is 411 g/mol. The molecule has 31 heavy (non-hydrogen) atoms. The lowest BCUT2D eigenvalue weighted by molar-refractivity contribution is -0.127. The Kier molecular flexibility index (Phi) is 5.62. The van der Waals surface area contributed by atoms with Crippen molar-refractivity contribution in [1.82, 2.24) is 10.2 Å². The third kappa shape index (κ3) is 4.70. The number of nitrogens with zero attached hydrogens (tertiary/aromatic N) is 1. The first kappa shape index (κ1) is 20.1. The second-order valence-corrected chi connectivity index (χ2v) is 7.29. The molecule has 6 nitrogen and oxygen atoms in total. The first-order chi connectivity index (χ1) is 15.0. The van der Waals surface area contributed by atoms with Crippen molar-refractivity contribution in [3.05, 3.63) is 95.7 Å². The molecule has 0 atom stereocenters. The summed E-state index contributed by atoms with van der Waals surface area (Å²) in [6.45, 7) is 1.56. The number of benzene rings is 3. The molecule has 0 spiro atoms. The maximum atomic E-state index is 12.6.